The minimum Gasteiger partial charge on any atom is -0.481 e. The molecular formula is C19H19NO2. The molecule has 3 rings (SSSR count). The second-order valence-electron chi connectivity index (χ2n) is 4.90. The molecule has 0 aliphatic rings. The van der Waals surface area contributed by atoms with E-state index in [0.29, 0.717) is 6.42 Å². The summed E-state index contributed by atoms with van der Waals surface area (Å²) < 4.78 is 0. The smallest absolute Gasteiger partial charge is 0.303 e. The predicted octanol–water partition coefficient (Wildman–Crippen LogP) is 4.77. The zero-order valence-electron chi connectivity index (χ0n) is 12.6. The van der Waals surface area contributed by atoms with Gasteiger partial charge in [-0.2, -0.15) is 0 Å². The summed E-state index contributed by atoms with van der Waals surface area (Å²) in [4.78, 5) is 14.2. The van der Waals surface area contributed by atoms with Crippen LogP contribution in [0.15, 0.2) is 66.7 Å². The van der Waals surface area contributed by atoms with Gasteiger partial charge in [-0.25, -0.2) is 4.98 Å². The van der Waals surface area contributed by atoms with Gasteiger partial charge in [-0.05, 0) is 18.6 Å². The summed E-state index contributed by atoms with van der Waals surface area (Å²) in [5.74, 6) is -0.711. The molecule has 112 valence electrons. The Labute approximate surface area is 130 Å². The Hall–Kier alpha value is -2.68. The Morgan fingerprint density at radius 3 is 2.27 bits per heavy atom. The van der Waals surface area contributed by atoms with Crippen molar-refractivity contribution in [2.75, 3.05) is 0 Å². The van der Waals surface area contributed by atoms with Gasteiger partial charge in [-0.3, -0.25) is 4.79 Å². The summed E-state index contributed by atoms with van der Waals surface area (Å²) in [6, 6.07) is 22.6. The van der Waals surface area contributed by atoms with Gasteiger partial charge in [0.1, 0.15) is 0 Å². The van der Waals surface area contributed by atoms with Crippen molar-refractivity contribution >= 4 is 16.9 Å². The van der Waals surface area contributed by atoms with E-state index >= 15 is 0 Å². The number of rotatable bonds is 3. The third kappa shape index (κ3) is 4.42. The monoisotopic (exact) mass is 293 g/mol. The van der Waals surface area contributed by atoms with Crippen molar-refractivity contribution in [2.45, 2.75) is 19.8 Å². The van der Waals surface area contributed by atoms with E-state index in [1.165, 1.54) is 5.39 Å². The number of aromatic nitrogens is 1. The lowest BCUT2D eigenvalue weighted by Crippen LogP contribution is -1.90. The average molecular weight is 293 g/mol. The topological polar surface area (TPSA) is 50.2 Å². The first-order valence-corrected chi connectivity index (χ1v) is 7.33. The molecule has 0 unspecified atom stereocenters. The van der Waals surface area contributed by atoms with Gasteiger partial charge in [-0.1, -0.05) is 61.5 Å². The molecule has 0 radical (unpaired) electrons. The third-order valence-corrected chi connectivity index (χ3v) is 3.13. The molecule has 0 saturated carbocycles. The number of hydrogen-bond acceptors (Lipinski definition) is 2. The fourth-order valence-corrected chi connectivity index (χ4v) is 2.05. The highest BCUT2D eigenvalue weighted by Gasteiger charge is 1.99. The highest BCUT2D eigenvalue weighted by molar-refractivity contribution is 5.81. The lowest BCUT2D eigenvalue weighted by molar-refractivity contribution is -0.137. The number of carbonyl (C=O) groups is 1. The van der Waals surface area contributed by atoms with E-state index in [4.69, 9.17) is 5.11 Å². The number of fused-ring (bicyclic) bond motifs is 1. The maximum Gasteiger partial charge on any atom is 0.303 e. The van der Waals surface area contributed by atoms with Crippen molar-refractivity contribution < 1.29 is 9.90 Å². The van der Waals surface area contributed by atoms with E-state index in [0.717, 1.165) is 23.2 Å². The summed E-state index contributed by atoms with van der Waals surface area (Å²) in [5.41, 5.74) is 3.23. The maximum atomic E-state index is 9.60. The van der Waals surface area contributed by atoms with Gasteiger partial charge >= 0.3 is 5.97 Å². The first-order valence-electron chi connectivity index (χ1n) is 7.33. The number of pyridine rings is 1. The molecular weight excluding hydrogens is 274 g/mol. The van der Waals surface area contributed by atoms with Crippen LogP contribution in [0.1, 0.15) is 19.8 Å². The van der Waals surface area contributed by atoms with Gasteiger partial charge in [-0.15, -0.1) is 0 Å². The molecule has 1 N–H and O–H groups in total. The van der Waals surface area contributed by atoms with Crippen LogP contribution < -0.4 is 0 Å². The van der Waals surface area contributed by atoms with Crippen LogP contribution in [0.25, 0.3) is 22.2 Å². The number of carboxylic acid groups (broad SMARTS) is 1. The van der Waals surface area contributed by atoms with Crippen molar-refractivity contribution in [1.29, 1.82) is 0 Å². The number of benzene rings is 2. The summed E-state index contributed by atoms with van der Waals surface area (Å²) in [5, 5.41) is 9.10. The highest BCUT2D eigenvalue weighted by atomic mass is 16.4. The molecule has 0 atom stereocenters. The summed E-state index contributed by atoms with van der Waals surface area (Å²) in [6.07, 6.45) is 1.02. The molecule has 0 aliphatic heterocycles. The Balaban J connectivity index is 0.000000254. The maximum absolute atomic E-state index is 9.60. The lowest BCUT2D eigenvalue weighted by Gasteiger charge is -2.02. The molecule has 1 heterocycles. The van der Waals surface area contributed by atoms with Gasteiger partial charge < -0.3 is 5.11 Å². The van der Waals surface area contributed by atoms with E-state index in [2.05, 4.69) is 35.3 Å². The van der Waals surface area contributed by atoms with Crippen LogP contribution in [0.5, 0.6) is 0 Å². The fraction of sp³-hybridized carbons (Fsp3) is 0.158. The van der Waals surface area contributed by atoms with E-state index in [9.17, 15) is 4.79 Å². The van der Waals surface area contributed by atoms with Gasteiger partial charge in [0, 0.05) is 17.4 Å². The van der Waals surface area contributed by atoms with Crippen molar-refractivity contribution in [3.8, 4) is 11.3 Å². The van der Waals surface area contributed by atoms with Crippen LogP contribution in [-0.4, -0.2) is 16.1 Å². The molecule has 0 fully saturated rings. The van der Waals surface area contributed by atoms with Crippen LogP contribution in [0.2, 0.25) is 0 Å². The molecule has 22 heavy (non-hydrogen) atoms. The lowest BCUT2D eigenvalue weighted by atomic mass is 10.1. The first kappa shape index (κ1) is 15.7. The molecule has 0 amide bonds. The van der Waals surface area contributed by atoms with Crippen LogP contribution in [0.3, 0.4) is 0 Å². The second-order valence-corrected chi connectivity index (χ2v) is 4.90. The summed E-state index contributed by atoms with van der Waals surface area (Å²) >= 11 is 0. The SMILES string of the molecule is CCCC(=O)O.c1ccc(-c2ccc3ccccc3n2)cc1. The number of aliphatic carboxylic acids is 1. The van der Waals surface area contributed by atoms with Gasteiger partial charge in [0.15, 0.2) is 0 Å². The van der Waals surface area contributed by atoms with E-state index in [1.54, 1.807) is 0 Å². The van der Waals surface area contributed by atoms with Gasteiger partial charge in [0.25, 0.3) is 0 Å². The molecule has 3 nitrogen and oxygen atoms in total. The number of para-hydroxylation sites is 1. The standard InChI is InChI=1S/C15H11N.C4H8O2/c1-2-6-12(7-3-1)15-11-10-13-8-4-5-9-14(13)16-15;1-2-3-4(5)6/h1-11H;2-3H2,1H3,(H,5,6). The van der Waals surface area contributed by atoms with Crippen molar-refractivity contribution in [3.63, 3.8) is 0 Å². The quantitative estimate of drug-likeness (QED) is 0.756. The van der Waals surface area contributed by atoms with Gasteiger partial charge in [0.2, 0.25) is 0 Å². The minimum atomic E-state index is -0.711. The zero-order valence-corrected chi connectivity index (χ0v) is 12.6. The number of hydrogen-bond donors (Lipinski definition) is 1. The summed E-state index contributed by atoms with van der Waals surface area (Å²) in [7, 11) is 0. The Morgan fingerprint density at radius 2 is 1.64 bits per heavy atom. The summed E-state index contributed by atoms with van der Waals surface area (Å²) in [6.45, 7) is 1.84. The number of carboxylic acids is 1. The normalized spacial score (nSPS) is 9.86. The zero-order chi connectivity index (χ0) is 15.8. The van der Waals surface area contributed by atoms with Gasteiger partial charge in [0.05, 0.1) is 11.2 Å². The largest absolute Gasteiger partial charge is 0.481 e. The molecule has 0 bridgehead atoms. The van der Waals surface area contributed by atoms with Crippen LogP contribution >= 0.6 is 0 Å². The molecule has 0 saturated heterocycles. The van der Waals surface area contributed by atoms with Crippen LogP contribution in [-0.2, 0) is 4.79 Å². The van der Waals surface area contributed by atoms with Crippen LogP contribution in [0, 0.1) is 0 Å². The molecule has 0 spiro atoms. The molecule has 1 aromatic heterocycles. The van der Waals surface area contributed by atoms with E-state index < -0.39 is 5.97 Å². The first-order chi connectivity index (χ1) is 10.7. The Morgan fingerprint density at radius 1 is 0.955 bits per heavy atom. The number of nitrogens with zero attached hydrogens (tertiary/aromatic N) is 1. The Bertz CT molecular complexity index is 739. The Kier molecular flexibility index (Phi) is 5.66. The average Bonchev–Trinajstić information content (AvgIpc) is 2.56. The molecule has 2 aromatic carbocycles. The van der Waals surface area contributed by atoms with Crippen molar-refractivity contribution in [1.82, 2.24) is 4.98 Å². The van der Waals surface area contributed by atoms with Crippen LogP contribution in [0.4, 0.5) is 0 Å². The fourth-order valence-electron chi connectivity index (χ4n) is 2.05. The van der Waals surface area contributed by atoms with E-state index in [-0.39, 0.29) is 0 Å². The molecule has 3 heteroatoms. The third-order valence-electron chi connectivity index (χ3n) is 3.13. The second kappa shape index (κ2) is 7.93. The minimum absolute atomic E-state index is 0.292. The van der Waals surface area contributed by atoms with Crippen molar-refractivity contribution in [3.05, 3.63) is 66.7 Å². The predicted molar refractivity (Wildman–Crippen MR) is 89.7 cm³/mol. The highest BCUT2D eigenvalue weighted by Crippen LogP contribution is 2.20. The van der Waals surface area contributed by atoms with E-state index in [1.807, 2.05) is 43.3 Å². The van der Waals surface area contributed by atoms with Crippen molar-refractivity contribution in [2.24, 2.45) is 0 Å². The molecule has 3 aromatic rings. The molecule has 0 aliphatic carbocycles.